The van der Waals surface area contributed by atoms with Gasteiger partial charge in [0.25, 0.3) is 0 Å². The van der Waals surface area contributed by atoms with E-state index in [1.165, 1.54) is 0 Å². The van der Waals surface area contributed by atoms with Crippen LogP contribution in [0.5, 0.6) is 0 Å². The first kappa shape index (κ1) is 18.7. The summed E-state index contributed by atoms with van der Waals surface area (Å²) in [6, 6.07) is 7.15. The third kappa shape index (κ3) is 8.60. The van der Waals surface area contributed by atoms with E-state index in [0.717, 1.165) is 12.0 Å². The van der Waals surface area contributed by atoms with Gasteiger partial charge in [0.2, 0.25) is 11.8 Å². The number of carbonyl (C=O) groups excluding carboxylic acids is 2. The zero-order valence-electron chi connectivity index (χ0n) is 13.4. The molecule has 1 aromatic carbocycles. The second-order valence-electron chi connectivity index (χ2n) is 5.35. The number of benzene rings is 1. The first-order valence-electron chi connectivity index (χ1n) is 7.88. The number of hydrogen-bond donors (Lipinski definition) is 3. The number of aliphatic carboxylic acids is 1. The highest BCUT2D eigenvalue weighted by molar-refractivity contribution is 5.91. The molecule has 2 amide bonds. The number of amides is 2. The van der Waals surface area contributed by atoms with Gasteiger partial charge in [-0.15, -0.1) is 0 Å². The van der Waals surface area contributed by atoms with E-state index >= 15 is 0 Å². The summed E-state index contributed by atoms with van der Waals surface area (Å²) >= 11 is 0. The van der Waals surface area contributed by atoms with Crippen LogP contribution >= 0.6 is 0 Å². The van der Waals surface area contributed by atoms with E-state index < -0.39 is 5.97 Å². The van der Waals surface area contributed by atoms with Crippen molar-refractivity contribution in [2.24, 2.45) is 0 Å². The second-order valence-corrected chi connectivity index (χ2v) is 5.35. The lowest BCUT2D eigenvalue weighted by Gasteiger charge is -2.07. The molecule has 1 rings (SSSR count). The van der Waals surface area contributed by atoms with Crippen LogP contribution in [0.15, 0.2) is 24.3 Å². The Balaban J connectivity index is 2.35. The maximum Gasteiger partial charge on any atom is 0.303 e. The van der Waals surface area contributed by atoms with E-state index in [1.807, 2.05) is 13.0 Å². The molecular weight excluding hydrogens is 296 g/mol. The third-order valence-corrected chi connectivity index (χ3v) is 3.22. The summed E-state index contributed by atoms with van der Waals surface area (Å²) in [5.41, 5.74) is 1.51. The van der Waals surface area contributed by atoms with E-state index in [0.29, 0.717) is 31.5 Å². The molecule has 0 aliphatic rings. The molecule has 23 heavy (non-hydrogen) atoms. The van der Waals surface area contributed by atoms with Crippen LogP contribution in [0.3, 0.4) is 0 Å². The minimum atomic E-state index is -0.846. The van der Waals surface area contributed by atoms with E-state index in [-0.39, 0.29) is 24.7 Å². The average molecular weight is 320 g/mol. The van der Waals surface area contributed by atoms with Crippen molar-refractivity contribution in [3.05, 3.63) is 29.8 Å². The van der Waals surface area contributed by atoms with Gasteiger partial charge in [-0.25, -0.2) is 0 Å². The first-order chi connectivity index (χ1) is 11.0. The van der Waals surface area contributed by atoms with E-state index in [1.54, 1.807) is 18.2 Å². The van der Waals surface area contributed by atoms with Gasteiger partial charge in [-0.2, -0.15) is 0 Å². The van der Waals surface area contributed by atoms with Crippen LogP contribution in [-0.4, -0.2) is 29.4 Å². The molecule has 0 radical (unpaired) electrons. The van der Waals surface area contributed by atoms with Crippen LogP contribution in [0.1, 0.15) is 44.6 Å². The van der Waals surface area contributed by atoms with Crippen LogP contribution in [0, 0.1) is 0 Å². The summed E-state index contributed by atoms with van der Waals surface area (Å²) in [5, 5.41) is 14.2. The lowest BCUT2D eigenvalue weighted by Crippen LogP contribution is -2.24. The predicted octanol–water partition coefficient (Wildman–Crippen LogP) is 2.34. The predicted molar refractivity (Wildman–Crippen MR) is 88.2 cm³/mol. The molecule has 0 saturated heterocycles. The highest BCUT2D eigenvalue weighted by atomic mass is 16.4. The maximum atomic E-state index is 11.8. The second kappa shape index (κ2) is 10.4. The zero-order chi connectivity index (χ0) is 17.1. The number of carboxylic acid groups (broad SMARTS) is 1. The fourth-order valence-electron chi connectivity index (χ4n) is 2.04. The molecule has 0 atom stereocenters. The Morgan fingerprint density at radius 1 is 1.09 bits per heavy atom. The van der Waals surface area contributed by atoms with Crippen LogP contribution in [0.4, 0.5) is 5.69 Å². The minimum absolute atomic E-state index is 0.0321. The molecule has 6 nitrogen and oxygen atoms in total. The van der Waals surface area contributed by atoms with Crippen LogP contribution in [0.25, 0.3) is 0 Å². The number of carboxylic acids is 1. The topological polar surface area (TPSA) is 95.5 Å². The third-order valence-electron chi connectivity index (χ3n) is 3.22. The molecule has 0 fully saturated rings. The standard InChI is InChI=1S/C17H24N2O4/c1-2-11-18-15(20)7-4-8-16(21)19-14-6-3-5-13(12-14)9-10-17(22)23/h3,5-6,12H,2,4,7-11H2,1H3,(H,18,20)(H,19,21)(H,22,23). The Hall–Kier alpha value is -2.37. The van der Waals surface area contributed by atoms with E-state index in [9.17, 15) is 14.4 Å². The Labute approximate surface area is 136 Å². The molecule has 0 bridgehead atoms. The van der Waals surface area contributed by atoms with Gasteiger partial charge in [0, 0.05) is 31.5 Å². The lowest BCUT2D eigenvalue weighted by atomic mass is 10.1. The highest BCUT2D eigenvalue weighted by Crippen LogP contribution is 2.13. The van der Waals surface area contributed by atoms with Gasteiger partial charge < -0.3 is 15.7 Å². The maximum absolute atomic E-state index is 11.8. The monoisotopic (exact) mass is 320 g/mol. The summed E-state index contributed by atoms with van der Waals surface area (Å²) < 4.78 is 0. The Morgan fingerprint density at radius 3 is 2.52 bits per heavy atom. The van der Waals surface area contributed by atoms with Crippen molar-refractivity contribution in [1.82, 2.24) is 5.32 Å². The highest BCUT2D eigenvalue weighted by Gasteiger charge is 2.06. The molecule has 3 N–H and O–H groups in total. The molecule has 0 unspecified atom stereocenters. The van der Waals surface area contributed by atoms with Gasteiger partial charge in [-0.3, -0.25) is 14.4 Å². The van der Waals surface area contributed by atoms with Crippen LogP contribution in [-0.2, 0) is 20.8 Å². The van der Waals surface area contributed by atoms with Crippen molar-refractivity contribution >= 4 is 23.5 Å². The summed E-state index contributed by atoms with van der Waals surface area (Å²) in [5.74, 6) is -1.03. The van der Waals surface area contributed by atoms with Crippen molar-refractivity contribution in [1.29, 1.82) is 0 Å². The van der Waals surface area contributed by atoms with E-state index in [2.05, 4.69) is 10.6 Å². The van der Waals surface area contributed by atoms with Crippen molar-refractivity contribution in [3.8, 4) is 0 Å². The summed E-state index contributed by atoms with van der Waals surface area (Å²) in [6.45, 7) is 2.65. The van der Waals surface area contributed by atoms with Gasteiger partial charge in [0.05, 0.1) is 0 Å². The normalized spacial score (nSPS) is 10.1. The lowest BCUT2D eigenvalue weighted by molar-refractivity contribution is -0.137. The van der Waals surface area contributed by atoms with Crippen molar-refractivity contribution in [3.63, 3.8) is 0 Å². The van der Waals surface area contributed by atoms with Gasteiger partial charge >= 0.3 is 5.97 Å². The summed E-state index contributed by atoms with van der Waals surface area (Å²) in [6.07, 6.45) is 2.50. The largest absolute Gasteiger partial charge is 0.481 e. The van der Waals surface area contributed by atoms with Crippen LogP contribution < -0.4 is 10.6 Å². The minimum Gasteiger partial charge on any atom is -0.481 e. The molecular formula is C17H24N2O4. The summed E-state index contributed by atoms with van der Waals surface area (Å²) in [4.78, 5) is 33.8. The van der Waals surface area contributed by atoms with Crippen LogP contribution in [0.2, 0.25) is 0 Å². The fraction of sp³-hybridized carbons (Fsp3) is 0.471. The Bertz CT molecular complexity index is 543. The number of hydrogen-bond acceptors (Lipinski definition) is 3. The molecule has 0 spiro atoms. The first-order valence-corrected chi connectivity index (χ1v) is 7.88. The molecule has 0 aliphatic carbocycles. The smallest absolute Gasteiger partial charge is 0.303 e. The Morgan fingerprint density at radius 2 is 1.83 bits per heavy atom. The van der Waals surface area contributed by atoms with Gasteiger partial charge in [0.1, 0.15) is 0 Å². The van der Waals surface area contributed by atoms with Crippen molar-refractivity contribution < 1.29 is 19.5 Å². The number of nitrogens with one attached hydrogen (secondary N) is 2. The molecule has 0 aliphatic heterocycles. The molecule has 0 heterocycles. The fourth-order valence-corrected chi connectivity index (χ4v) is 2.04. The van der Waals surface area contributed by atoms with E-state index in [4.69, 9.17) is 5.11 Å². The average Bonchev–Trinajstić information content (AvgIpc) is 2.51. The molecule has 6 heteroatoms. The molecule has 126 valence electrons. The van der Waals surface area contributed by atoms with Crippen molar-refractivity contribution in [2.75, 3.05) is 11.9 Å². The number of anilines is 1. The molecule has 1 aromatic rings. The SMILES string of the molecule is CCCNC(=O)CCCC(=O)Nc1cccc(CCC(=O)O)c1. The Kier molecular flexibility index (Phi) is 8.42. The molecule has 0 saturated carbocycles. The molecule has 0 aromatic heterocycles. The number of carbonyl (C=O) groups is 3. The quantitative estimate of drug-likeness (QED) is 0.616. The number of rotatable bonds is 10. The summed E-state index contributed by atoms with van der Waals surface area (Å²) in [7, 11) is 0. The van der Waals surface area contributed by atoms with Gasteiger partial charge in [0.15, 0.2) is 0 Å². The van der Waals surface area contributed by atoms with Crippen molar-refractivity contribution in [2.45, 2.75) is 45.4 Å². The van der Waals surface area contributed by atoms with Gasteiger partial charge in [-0.1, -0.05) is 19.1 Å². The number of aryl methyl sites for hydroxylation is 1. The zero-order valence-corrected chi connectivity index (χ0v) is 13.4. The van der Waals surface area contributed by atoms with Gasteiger partial charge in [-0.05, 0) is 37.0 Å².